The standard InChI is InChI=1S/C19H18N2O2/c22-18-17-15(13-7-3-1-4-8-13)11-19(23,12-16(17)20-21-18)14-9-5-2-6-10-14/h1-10,15,17,23H,11-12H2,(H,21,22)/t15-,17-,19+/m1/s1. The van der Waals surface area contributed by atoms with E-state index in [1.807, 2.05) is 60.7 Å². The monoisotopic (exact) mass is 306 g/mol. The fourth-order valence-corrected chi connectivity index (χ4v) is 3.81. The van der Waals surface area contributed by atoms with Gasteiger partial charge in [-0.05, 0) is 17.5 Å². The number of carbonyl (C=O) groups excluding carboxylic acids is 1. The third kappa shape index (κ3) is 2.35. The van der Waals surface area contributed by atoms with Crippen LogP contribution in [0.5, 0.6) is 0 Å². The summed E-state index contributed by atoms with van der Waals surface area (Å²) in [5.74, 6) is -0.415. The zero-order chi connectivity index (χ0) is 15.9. The summed E-state index contributed by atoms with van der Waals surface area (Å²) in [6.07, 6.45) is 0.905. The number of nitrogens with zero attached hydrogens (tertiary/aromatic N) is 1. The fourth-order valence-electron chi connectivity index (χ4n) is 3.81. The van der Waals surface area contributed by atoms with Gasteiger partial charge >= 0.3 is 0 Å². The highest BCUT2D eigenvalue weighted by Crippen LogP contribution is 2.47. The summed E-state index contributed by atoms with van der Waals surface area (Å²) in [5, 5.41) is 15.5. The topological polar surface area (TPSA) is 61.7 Å². The zero-order valence-corrected chi connectivity index (χ0v) is 12.6. The van der Waals surface area contributed by atoms with E-state index in [9.17, 15) is 9.90 Å². The van der Waals surface area contributed by atoms with Gasteiger partial charge in [-0.2, -0.15) is 5.10 Å². The first-order valence-corrected chi connectivity index (χ1v) is 7.86. The molecule has 0 bridgehead atoms. The van der Waals surface area contributed by atoms with Crippen LogP contribution in [0.25, 0.3) is 0 Å². The number of benzene rings is 2. The molecule has 1 amide bonds. The van der Waals surface area contributed by atoms with Crippen molar-refractivity contribution in [2.75, 3.05) is 0 Å². The van der Waals surface area contributed by atoms with Gasteiger partial charge in [0.15, 0.2) is 0 Å². The van der Waals surface area contributed by atoms with Crippen molar-refractivity contribution >= 4 is 11.6 Å². The fraction of sp³-hybridized carbons (Fsp3) is 0.263. The molecule has 1 heterocycles. The molecule has 0 radical (unpaired) electrons. The van der Waals surface area contributed by atoms with Crippen molar-refractivity contribution in [2.24, 2.45) is 11.0 Å². The van der Waals surface area contributed by atoms with Gasteiger partial charge in [0.1, 0.15) is 0 Å². The van der Waals surface area contributed by atoms with Crippen molar-refractivity contribution in [2.45, 2.75) is 24.4 Å². The molecule has 2 aromatic carbocycles. The molecule has 3 atom stereocenters. The first-order valence-electron chi connectivity index (χ1n) is 7.86. The van der Waals surface area contributed by atoms with Crippen molar-refractivity contribution < 1.29 is 9.90 Å². The van der Waals surface area contributed by atoms with Crippen LogP contribution in [0.15, 0.2) is 65.8 Å². The molecule has 0 aromatic heterocycles. The van der Waals surface area contributed by atoms with Gasteiger partial charge < -0.3 is 5.11 Å². The van der Waals surface area contributed by atoms with Crippen LogP contribution in [0.4, 0.5) is 0 Å². The number of amides is 1. The highest BCUT2D eigenvalue weighted by molar-refractivity contribution is 6.09. The van der Waals surface area contributed by atoms with Gasteiger partial charge in [-0.3, -0.25) is 4.79 Å². The van der Waals surface area contributed by atoms with Crippen molar-refractivity contribution in [1.29, 1.82) is 0 Å². The second-order valence-corrected chi connectivity index (χ2v) is 6.35. The van der Waals surface area contributed by atoms with Gasteiger partial charge in [0.2, 0.25) is 5.91 Å². The second-order valence-electron chi connectivity index (χ2n) is 6.35. The Bertz CT molecular complexity index is 757. The Morgan fingerprint density at radius 3 is 2.39 bits per heavy atom. The number of nitrogens with one attached hydrogen (secondary N) is 1. The third-order valence-corrected chi connectivity index (χ3v) is 4.92. The lowest BCUT2D eigenvalue weighted by atomic mass is 9.66. The van der Waals surface area contributed by atoms with Gasteiger partial charge in [0, 0.05) is 12.3 Å². The van der Waals surface area contributed by atoms with Crippen molar-refractivity contribution in [3.05, 3.63) is 71.8 Å². The van der Waals surface area contributed by atoms with E-state index in [-0.39, 0.29) is 17.7 Å². The lowest BCUT2D eigenvalue weighted by Crippen LogP contribution is -2.43. The number of hydrogen-bond donors (Lipinski definition) is 2. The van der Waals surface area contributed by atoms with E-state index < -0.39 is 5.60 Å². The minimum absolute atomic E-state index is 0.0658. The Hall–Kier alpha value is -2.46. The van der Waals surface area contributed by atoms with Crippen LogP contribution in [-0.4, -0.2) is 16.7 Å². The van der Waals surface area contributed by atoms with Crippen LogP contribution in [0, 0.1) is 5.92 Å². The maximum atomic E-state index is 12.2. The number of hydrogen-bond acceptors (Lipinski definition) is 3. The Morgan fingerprint density at radius 2 is 1.70 bits per heavy atom. The summed E-state index contributed by atoms with van der Waals surface area (Å²) in [6, 6.07) is 19.6. The molecule has 116 valence electrons. The van der Waals surface area contributed by atoms with Crippen molar-refractivity contribution in [1.82, 2.24) is 5.43 Å². The average molecular weight is 306 g/mol. The van der Waals surface area contributed by atoms with Crippen LogP contribution in [0.3, 0.4) is 0 Å². The zero-order valence-electron chi connectivity index (χ0n) is 12.6. The largest absolute Gasteiger partial charge is 0.385 e. The Balaban J connectivity index is 1.78. The lowest BCUT2D eigenvalue weighted by molar-refractivity contribution is -0.123. The lowest BCUT2D eigenvalue weighted by Gasteiger charge is -2.40. The number of aliphatic hydroxyl groups is 1. The molecule has 2 aliphatic rings. The summed E-state index contributed by atoms with van der Waals surface area (Å²) in [5.41, 5.74) is 4.29. The van der Waals surface area contributed by atoms with E-state index in [0.29, 0.717) is 12.8 Å². The van der Waals surface area contributed by atoms with Crippen LogP contribution < -0.4 is 5.43 Å². The maximum absolute atomic E-state index is 12.2. The molecule has 4 heteroatoms. The molecule has 1 aliphatic heterocycles. The SMILES string of the molecule is O=C1NN=C2C[C@](O)(c3ccccc3)C[C@H](c3ccccc3)[C@@H]12. The van der Waals surface area contributed by atoms with Gasteiger partial charge in [0.25, 0.3) is 0 Å². The summed E-state index contributed by atoms with van der Waals surface area (Å²) in [7, 11) is 0. The van der Waals surface area contributed by atoms with E-state index in [4.69, 9.17) is 0 Å². The smallest absolute Gasteiger partial charge is 0.249 e. The molecule has 4 nitrogen and oxygen atoms in total. The molecule has 23 heavy (non-hydrogen) atoms. The van der Waals surface area contributed by atoms with E-state index in [1.165, 1.54) is 0 Å². The van der Waals surface area contributed by atoms with Gasteiger partial charge in [-0.1, -0.05) is 60.7 Å². The number of rotatable bonds is 2. The minimum atomic E-state index is -0.997. The molecular formula is C19H18N2O2. The summed E-state index contributed by atoms with van der Waals surface area (Å²) in [4.78, 5) is 12.2. The van der Waals surface area contributed by atoms with E-state index >= 15 is 0 Å². The summed E-state index contributed by atoms with van der Waals surface area (Å²) >= 11 is 0. The third-order valence-electron chi connectivity index (χ3n) is 4.92. The molecule has 1 fully saturated rings. The maximum Gasteiger partial charge on any atom is 0.249 e. The molecular weight excluding hydrogens is 288 g/mol. The molecule has 0 unspecified atom stereocenters. The quantitative estimate of drug-likeness (QED) is 0.895. The Morgan fingerprint density at radius 1 is 1.04 bits per heavy atom. The molecule has 1 aliphatic carbocycles. The molecule has 4 rings (SSSR count). The molecule has 0 spiro atoms. The average Bonchev–Trinajstić information content (AvgIpc) is 2.96. The number of carbonyl (C=O) groups is 1. The van der Waals surface area contributed by atoms with Gasteiger partial charge in [0.05, 0.1) is 17.2 Å². The van der Waals surface area contributed by atoms with Crippen LogP contribution in [-0.2, 0) is 10.4 Å². The highest BCUT2D eigenvalue weighted by atomic mass is 16.3. The molecule has 1 saturated carbocycles. The second kappa shape index (κ2) is 5.32. The first kappa shape index (κ1) is 14.2. The van der Waals surface area contributed by atoms with E-state index in [0.717, 1.165) is 16.8 Å². The minimum Gasteiger partial charge on any atom is -0.385 e. The van der Waals surface area contributed by atoms with Gasteiger partial charge in [-0.25, -0.2) is 5.43 Å². The summed E-state index contributed by atoms with van der Waals surface area (Å²) in [6.45, 7) is 0. The highest BCUT2D eigenvalue weighted by Gasteiger charge is 2.49. The predicted molar refractivity (Wildman–Crippen MR) is 87.8 cm³/mol. The predicted octanol–water partition coefficient (Wildman–Crippen LogP) is 2.55. The van der Waals surface area contributed by atoms with E-state index in [2.05, 4.69) is 10.5 Å². The normalized spacial score (nSPS) is 29.6. The molecule has 0 saturated heterocycles. The Labute approximate surface area is 134 Å². The van der Waals surface area contributed by atoms with Gasteiger partial charge in [-0.15, -0.1) is 0 Å². The molecule has 2 N–H and O–H groups in total. The van der Waals surface area contributed by atoms with Crippen LogP contribution in [0.1, 0.15) is 29.9 Å². The first-order chi connectivity index (χ1) is 11.2. The molecule has 2 aromatic rings. The van der Waals surface area contributed by atoms with Crippen LogP contribution in [0.2, 0.25) is 0 Å². The summed E-state index contributed by atoms with van der Waals surface area (Å²) < 4.78 is 0. The Kier molecular flexibility index (Phi) is 3.27. The van der Waals surface area contributed by atoms with Crippen molar-refractivity contribution in [3.63, 3.8) is 0 Å². The van der Waals surface area contributed by atoms with Crippen molar-refractivity contribution in [3.8, 4) is 0 Å². The van der Waals surface area contributed by atoms with Crippen LogP contribution >= 0.6 is 0 Å². The number of hydrazone groups is 1. The number of fused-ring (bicyclic) bond motifs is 1. The van der Waals surface area contributed by atoms with E-state index in [1.54, 1.807) is 0 Å².